The molecule has 2 aromatic rings. The molecule has 1 aromatic carbocycles. The number of urea groups is 1. The summed E-state index contributed by atoms with van der Waals surface area (Å²) in [5.74, 6) is 0.895. The van der Waals surface area contributed by atoms with Crippen LogP contribution in [0.5, 0.6) is 0 Å². The van der Waals surface area contributed by atoms with Gasteiger partial charge in [0.1, 0.15) is 5.82 Å². The van der Waals surface area contributed by atoms with E-state index in [1.54, 1.807) is 13.1 Å². The molecule has 6 heteroatoms. The fourth-order valence-corrected chi connectivity index (χ4v) is 2.25. The van der Waals surface area contributed by atoms with Crippen molar-refractivity contribution in [2.75, 3.05) is 11.9 Å². The van der Waals surface area contributed by atoms with E-state index in [0.29, 0.717) is 5.69 Å². The van der Waals surface area contributed by atoms with Crippen molar-refractivity contribution in [3.63, 3.8) is 0 Å². The van der Waals surface area contributed by atoms with Crippen molar-refractivity contribution in [2.45, 2.75) is 39.3 Å². The maximum atomic E-state index is 11.8. The van der Waals surface area contributed by atoms with Crippen LogP contribution < -0.4 is 10.6 Å². The Morgan fingerprint density at radius 3 is 3.00 bits per heavy atom. The normalized spacial score (nSPS) is 12.0. The van der Waals surface area contributed by atoms with Gasteiger partial charge in [-0.1, -0.05) is 25.5 Å². The van der Waals surface area contributed by atoms with Crippen molar-refractivity contribution in [1.82, 2.24) is 14.9 Å². The molecule has 0 fully saturated rings. The molecule has 0 saturated heterocycles. The number of imidazole rings is 1. The Morgan fingerprint density at radius 1 is 1.43 bits per heavy atom. The highest BCUT2D eigenvalue weighted by Crippen LogP contribution is 2.21. The second-order valence-electron chi connectivity index (χ2n) is 5.56. The quantitative estimate of drug-likeness (QED) is 0.735. The third-order valence-electron chi connectivity index (χ3n) is 3.50. The molecule has 0 bridgehead atoms. The van der Waals surface area contributed by atoms with E-state index in [1.807, 2.05) is 30.5 Å². The summed E-state index contributed by atoms with van der Waals surface area (Å²) in [6.07, 6.45) is 5.99. The number of nitrogens with one attached hydrogen (secondary N) is 2. The summed E-state index contributed by atoms with van der Waals surface area (Å²) in [5, 5.41) is 14.4. The lowest BCUT2D eigenvalue weighted by Crippen LogP contribution is -2.38. The van der Waals surface area contributed by atoms with Gasteiger partial charge in [0.05, 0.1) is 12.6 Å². The Bertz CT molecular complexity index is 639. The SMILES string of the molecule is CCCCn1ccnc1-c1cccc(NC(=O)N[C@@H](C)CO)c1. The third-order valence-corrected chi connectivity index (χ3v) is 3.50. The van der Waals surface area contributed by atoms with Gasteiger partial charge in [0.25, 0.3) is 0 Å². The van der Waals surface area contributed by atoms with Crippen LogP contribution in [0.15, 0.2) is 36.7 Å². The molecule has 1 atom stereocenters. The van der Waals surface area contributed by atoms with Gasteiger partial charge in [0, 0.05) is 30.2 Å². The second-order valence-corrected chi connectivity index (χ2v) is 5.56. The number of nitrogens with zero attached hydrogens (tertiary/aromatic N) is 2. The highest BCUT2D eigenvalue weighted by molar-refractivity contribution is 5.90. The van der Waals surface area contributed by atoms with Gasteiger partial charge >= 0.3 is 6.03 Å². The molecule has 1 aromatic heterocycles. The van der Waals surface area contributed by atoms with E-state index < -0.39 is 0 Å². The summed E-state index contributed by atoms with van der Waals surface area (Å²) in [5.41, 5.74) is 1.65. The molecule has 0 unspecified atom stereocenters. The van der Waals surface area contributed by atoms with E-state index in [4.69, 9.17) is 5.11 Å². The first-order chi connectivity index (χ1) is 11.1. The van der Waals surface area contributed by atoms with Crippen LogP contribution in [0.25, 0.3) is 11.4 Å². The summed E-state index contributed by atoms with van der Waals surface area (Å²) in [6.45, 7) is 4.73. The number of benzene rings is 1. The summed E-state index contributed by atoms with van der Waals surface area (Å²) in [6, 6.07) is 6.97. The topological polar surface area (TPSA) is 79.2 Å². The molecule has 0 aliphatic heterocycles. The molecule has 2 rings (SSSR count). The van der Waals surface area contributed by atoms with Gasteiger partial charge in [0.2, 0.25) is 0 Å². The Kier molecular flexibility index (Phi) is 6.17. The zero-order valence-corrected chi connectivity index (χ0v) is 13.6. The Morgan fingerprint density at radius 2 is 2.26 bits per heavy atom. The average Bonchev–Trinajstić information content (AvgIpc) is 3.01. The number of hydrogen-bond acceptors (Lipinski definition) is 3. The van der Waals surface area contributed by atoms with Crippen molar-refractivity contribution in [1.29, 1.82) is 0 Å². The predicted molar refractivity (Wildman–Crippen MR) is 91.3 cm³/mol. The minimum atomic E-state index is -0.335. The molecule has 3 N–H and O–H groups in total. The zero-order chi connectivity index (χ0) is 16.7. The Hall–Kier alpha value is -2.34. The molecule has 0 spiro atoms. The molecular weight excluding hydrogens is 292 g/mol. The maximum absolute atomic E-state index is 11.8. The van der Waals surface area contributed by atoms with Gasteiger partial charge in [-0.05, 0) is 25.5 Å². The second kappa shape index (κ2) is 8.33. The van der Waals surface area contributed by atoms with Crippen LogP contribution >= 0.6 is 0 Å². The van der Waals surface area contributed by atoms with Crippen molar-refractivity contribution < 1.29 is 9.90 Å². The maximum Gasteiger partial charge on any atom is 0.319 e. The van der Waals surface area contributed by atoms with E-state index in [-0.39, 0.29) is 18.7 Å². The lowest BCUT2D eigenvalue weighted by atomic mass is 10.2. The van der Waals surface area contributed by atoms with Gasteiger partial charge in [0.15, 0.2) is 0 Å². The predicted octanol–water partition coefficient (Wildman–Crippen LogP) is 2.85. The number of carbonyl (C=O) groups is 1. The number of aliphatic hydroxyl groups excluding tert-OH is 1. The minimum absolute atomic E-state index is 0.0949. The summed E-state index contributed by atoms with van der Waals surface area (Å²) in [4.78, 5) is 16.3. The largest absolute Gasteiger partial charge is 0.394 e. The molecule has 0 saturated carbocycles. The van der Waals surface area contributed by atoms with Crippen molar-refractivity contribution in [3.8, 4) is 11.4 Å². The Labute approximate surface area is 136 Å². The van der Waals surface area contributed by atoms with Crippen molar-refractivity contribution >= 4 is 11.7 Å². The van der Waals surface area contributed by atoms with E-state index >= 15 is 0 Å². The smallest absolute Gasteiger partial charge is 0.319 e. The lowest BCUT2D eigenvalue weighted by molar-refractivity contribution is 0.229. The fraction of sp³-hybridized carbons (Fsp3) is 0.412. The molecule has 1 heterocycles. The van der Waals surface area contributed by atoms with Gasteiger partial charge in [-0.15, -0.1) is 0 Å². The standard InChI is InChI=1S/C17H24N4O2/c1-3-4-9-21-10-8-18-16(21)14-6-5-7-15(11-14)20-17(23)19-13(2)12-22/h5-8,10-11,13,22H,3-4,9,12H2,1-2H3,(H2,19,20,23)/t13-/m0/s1. The number of amides is 2. The zero-order valence-electron chi connectivity index (χ0n) is 13.6. The monoisotopic (exact) mass is 316 g/mol. The number of unbranched alkanes of at least 4 members (excludes halogenated alkanes) is 1. The number of aliphatic hydroxyl groups is 1. The van der Waals surface area contributed by atoms with E-state index in [9.17, 15) is 4.79 Å². The van der Waals surface area contributed by atoms with Crippen LogP contribution in [0.3, 0.4) is 0 Å². The van der Waals surface area contributed by atoms with Crippen molar-refractivity contribution in [3.05, 3.63) is 36.7 Å². The first kappa shape index (κ1) is 17.0. The van der Waals surface area contributed by atoms with Gasteiger partial charge in [-0.2, -0.15) is 0 Å². The van der Waals surface area contributed by atoms with Crippen LogP contribution in [0.1, 0.15) is 26.7 Å². The number of rotatable bonds is 7. The third kappa shape index (κ3) is 4.82. The summed E-state index contributed by atoms with van der Waals surface area (Å²) >= 11 is 0. The number of aryl methyl sites for hydroxylation is 1. The highest BCUT2D eigenvalue weighted by atomic mass is 16.3. The van der Waals surface area contributed by atoms with Crippen LogP contribution in [0.4, 0.5) is 10.5 Å². The first-order valence-corrected chi connectivity index (χ1v) is 7.94. The van der Waals surface area contributed by atoms with Crippen LogP contribution in [-0.4, -0.2) is 33.3 Å². The van der Waals surface area contributed by atoms with E-state index in [1.165, 1.54) is 0 Å². The van der Waals surface area contributed by atoms with Crippen LogP contribution in [0, 0.1) is 0 Å². The highest BCUT2D eigenvalue weighted by Gasteiger charge is 2.09. The van der Waals surface area contributed by atoms with Crippen molar-refractivity contribution in [2.24, 2.45) is 0 Å². The molecule has 2 amide bonds. The molecule has 124 valence electrons. The summed E-state index contributed by atoms with van der Waals surface area (Å²) in [7, 11) is 0. The molecule has 0 radical (unpaired) electrons. The van der Waals surface area contributed by atoms with Crippen LogP contribution in [-0.2, 0) is 6.54 Å². The molecule has 6 nitrogen and oxygen atoms in total. The minimum Gasteiger partial charge on any atom is -0.394 e. The van der Waals surface area contributed by atoms with Crippen LogP contribution in [0.2, 0.25) is 0 Å². The molecular formula is C17H24N4O2. The molecule has 0 aliphatic carbocycles. The number of carbonyl (C=O) groups excluding carboxylic acids is 1. The average molecular weight is 316 g/mol. The Balaban J connectivity index is 2.11. The van der Waals surface area contributed by atoms with Gasteiger partial charge in [-0.25, -0.2) is 9.78 Å². The first-order valence-electron chi connectivity index (χ1n) is 7.94. The number of hydrogen-bond donors (Lipinski definition) is 3. The fourth-order valence-electron chi connectivity index (χ4n) is 2.25. The van der Waals surface area contributed by atoms with E-state index in [0.717, 1.165) is 30.8 Å². The molecule has 23 heavy (non-hydrogen) atoms. The number of aromatic nitrogens is 2. The van der Waals surface area contributed by atoms with Gasteiger partial charge in [-0.3, -0.25) is 0 Å². The lowest BCUT2D eigenvalue weighted by Gasteiger charge is -2.13. The van der Waals surface area contributed by atoms with E-state index in [2.05, 4.69) is 27.1 Å². The number of anilines is 1. The van der Waals surface area contributed by atoms with Gasteiger partial charge < -0.3 is 20.3 Å². The summed E-state index contributed by atoms with van der Waals surface area (Å²) < 4.78 is 2.12. The molecule has 0 aliphatic rings.